The summed E-state index contributed by atoms with van der Waals surface area (Å²) in [6.45, 7) is 19.3. The van der Waals surface area contributed by atoms with E-state index in [-0.39, 0.29) is 11.1 Å². The molecular formula is C22H32Cl2CrN2-2. The van der Waals surface area contributed by atoms with Crippen molar-refractivity contribution in [2.45, 2.75) is 52.6 Å². The first-order chi connectivity index (χ1) is 12.2. The van der Waals surface area contributed by atoms with Crippen LogP contribution < -0.4 is 0 Å². The molecule has 5 heteroatoms. The number of hydrogen-bond acceptors (Lipinski definition) is 2. The van der Waals surface area contributed by atoms with E-state index in [4.69, 9.17) is 20.1 Å². The molecule has 27 heavy (non-hydrogen) atoms. The maximum Gasteiger partial charge on any atom is -0.0866 e. The summed E-state index contributed by atoms with van der Waals surface area (Å²) in [5, 5.41) is 0. The molecule has 0 aliphatic carbocycles. The van der Waals surface area contributed by atoms with Gasteiger partial charge in [-0.25, -0.2) is 0 Å². The van der Waals surface area contributed by atoms with Crippen LogP contribution in [0.2, 0.25) is 0 Å². The largest absolute Gasteiger partial charge is 0.199 e. The fourth-order valence-corrected chi connectivity index (χ4v) is 7.17. The third kappa shape index (κ3) is 18.0. The van der Waals surface area contributed by atoms with Crippen LogP contribution in [-0.4, -0.2) is 11.1 Å². The van der Waals surface area contributed by atoms with Gasteiger partial charge in [-0.05, 0) is 0 Å². The molecule has 2 rings (SSSR count). The zero-order chi connectivity index (χ0) is 21.1. The van der Waals surface area contributed by atoms with Crippen LogP contribution in [-0.2, 0) is 10.8 Å². The minimum Gasteiger partial charge on any atom is -0.199 e. The number of nitrogens with zero attached hydrogens (tertiary/aromatic N) is 2. The van der Waals surface area contributed by atoms with Crippen LogP contribution in [0.1, 0.15) is 52.7 Å². The standard InChI is InChI=1S/2C7H7.2C4H9N.2ClH.Cr/c2*1-7-5-3-2-4-6-7;2*1-4(2,3)5;;;/h2*2-6H,1H2;2*1-3H3;2*1H;/q2*-1;;;;;+2/p-2. The van der Waals surface area contributed by atoms with Crippen molar-refractivity contribution in [2.24, 2.45) is 7.86 Å². The summed E-state index contributed by atoms with van der Waals surface area (Å²) in [6, 6.07) is 19.7. The summed E-state index contributed by atoms with van der Waals surface area (Å²) >= 11 is 0. The van der Waals surface area contributed by atoms with E-state index < -0.39 is 10.8 Å². The number of benzene rings is 2. The zero-order valence-corrected chi connectivity index (χ0v) is 20.0. The molecular weight excluding hydrogens is 415 g/mol. The second-order valence-electron chi connectivity index (χ2n) is 7.91. The van der Waals surface area contributed by atoms with Gasteiger partial charge in [0, 0.05) is 0 Å². The molecule has 2 nitrogen and oxygen atoms in total. The van der Waals surface area contributed by atoms with Crippen LogP contribution in [0.15, 0.2) is 68.5 Å². The average Bonchev–Trinajstić information content (AvgIpc) is 2.45. The summed E-state index contributed by atoms with van der Waals surface area (Å²) in [4.78, 5) is 0. The van der Waals surface area contributed by atoms with Gasteiger partial charge < -0.3 is 0 Å². The Hall–Kier alpha value is -1.11. The Labute approximate surface area is 176 Å². The van der Waals surface area contributed by atoms with Crippen molar-refractivity contribution in [3.8, 4) is 0 Å². The van der Waals surface area contributed by atoms with Crippen molar-refractivity contribution in [1.29, 1.82) is 0 Å². The summed E-state index contributed by atoms with van der Waals surface area (Å²) in [5.41, 5.74) is 1.72. The topological polar surface area (TPSA) is 24.7 Å². The molecule has 0 N–H and O–H groups in total. The number of rotatable bonds is 0. The van der Waals surface area contributed by atoms with Gasteiger partial charge in [-0.2, -0.15) is 49.2 Å². The first-order valence-corrected chi connectivity index (χ1v) is 13.3. The normalized spacial score (nSPS) is 11.3. The van der Waals surface area contributed by atoms with E-state index in [2.05, 4.69) is 21.7 Å². The van der Waals surface area contributed by atoms with Crippen LogP contribution in [0.25, 0.3) is 0 Å². The van der Waals surface area contributed by atoms with Gasteiger partial charge in [0.1, 0.15) is 0 Å². The van der Waals surface area contributed by atoms with Crippen molar-refractivity contribution < 1.29 is 10.8 Å². The van der Waals surface area contributed by atoms with Crippen molar-refractivity contribution in [1.82, 2.24) is 0 Å². The van der Waals surface area contributed by atoms with Gasteiger partial charge >= 0.3 is 91.4 Å². The molecule has 0 saturated heterocycles. The summed E-state index contributed by atoms with van der Waals surface area (Å²) < 4.78 is 8.69. The van der Waals surface area contributed by atoms with E-state index in [1.54, 1.807) is 0 Å². The molecule has 0 heterocycles. The Bertz CT molecular complexity index is 694. The van der Waals surface area contributed by atoms with Crippen molar-refractivity contribution in [3.05, 3.63) is 85.6 Å². The molecule has 0 fully saturated rings. The second kappa shape index (κ2) is 11.7. The van der Waals surface area contributed by atoms with Crippen LogP contribution in [0.4, 0.5) is 0 Å². The van der Waals surface area contributed by atoms with E-state index in [9.17, 15) is 0 Å². The van der Waals surface area contributed by atoms with E-state index in [0.29, 0.717) is 0 Å². The summed E-state index contributed by atoms with van der Waals surface area (Å²) in [6.07, 6.45) is 0. The van der Waals surface area contributed by atoms with E-state index in [1.807, 2.05) is 102 Å². The molecule has 0 spiro atoms. The molecule has 0 atom stereocenters. The van der Waals surface area contributed by atoms with Crippen molar-refractivity contribution in [2.75, 3.05) is 0 Å². The third-order valence-corrected chi connectivity index (χ3v) is 5.99. The van der Waals surface area contributed by atoms with Crippen molar-refractivity contribution >= 4 is 20.1 Å². The average molecular weight is 447 g/mol. The number of halogens is 2. The van der Waals surface area contributed by atoms with Crippen LogP contribution in [0, 0.1) is 13.8 Å². The van der Waals surface area contributed by atoms with Gasteiger partial charge in [0.15, 0.2) is 0 Å². The Kier molecular flexibility index (Phi) is 11.2. The Morgan fingerprint density at radius 3 is 1.04 bits per heavy atom. The van der Waals surface area contributed by atoms with Gasteiger partial charge in [-0.3, -0.25) is 0 Å². The molecule has 0 amide bonds. The minimum absolute atomic E-state index is 0.210. The van der Waals surface area contributed by atoms with Gasteiger partial charge in [0.05, 0.1) is 0 Å². The SMILES string of the molecule is CC(C)(C)[N]=[Cr]([Cl])([Cl])=[N]C(C)(C)C.[CH2-]c1ccccc1.[CH2-]c1ccccc1. The fraction of sp³-hybridized carbons (Fsp3) is 0.364. The van der Waals surface area contributed by atoms with E-state index in [1.165, 1.54) is 0 Å². The summed E-state index contributed by atoms with van der Waals surface area (Å²) in [7, 11) is 9.23. The molecule has 0 aliphatic heterocycles. The van der Waals surface area contributed by atoms with Gasteiger partial charge in [-0.1, -0.05) is 12.1 Å². The molecule has 0 bridgehead atoms. The molecule has 0 unspecified atom stereocenters. The van der Waals surface area contributed by atoms with Crippen LogP contribution in [0.3, 0.4) is 0 Å². The monoisotopic (exact) mass is 446 g/mol. The van der Waals surface area contributed by atoms with Gasteiger partial charge in [-0.15, -0.1) is 24.3 Å². The molecule has 2 aromatic carbocycles. The molecule has 0 aliphatic rings. The smallest absolute Gasteiger partial charge is 0.0866 e. The van der Waals surface area contributed by atoms with E-state index >= 15 is 0 Å². The van der Waals surface area contributed by atoms with Gasteiger partial charge in [0.2, 0.25) is 0 Å². The molecule has 0 saturated carbocycles. The molecule has 152 valence electrons. The Morgan fingerprint density at radius 1 is 0.630 bits per heavy atom. The predicted molar refractivity (Wildman–Crippen MR) is 118 cm³/mol. The molecule has 0 aromatic heterocycles. The molecule has 0 radical (unpaired) electrons. The van der Waals surface area contributed by atoms with E-state index in [0.717, 1.165) is 11.1 Å². The van der Waals surface area contributed by atoms with Gasteiger partial charge in [0.25, 0.3) is 0 Å². The second-order valence-corrected chi connectivity index (χ2v) is 14.0. The minimum atomic E-state index is -2.96. The maximum absolute atomic E-state index is 6.09. The van der Waals surface area contributed by atoms with Crippen LogP contribution >= 0.6 is 20.1 Å². The number of hydrogen-bond donors (Lipinski definition) is 0. The summed E-state index contributed by atoms with van der Waals surface area (Å²) in [5.74, 6) is 0. The predicted octanol–water partition coefficient (Wildman–Crippen LogP) is 8.15. The fourth-order valence-electron chi connectivity index (χ4n) is 1.64. The first kappa shape index (κ1) is 25.9. The third-order valence-electron chi connectivity index (χ3n) is 2.45. The van der Waals surface area contributed by atoms with Crippen molar-refractivity contribution in [3.63, 3.8) is 0 Å². The Morgan fingerprint density at radius 2 is 0.889 bits per heavy atom. The molecule has 2 aromatic rings. The maximum atomic E-state index is 6.09. The quantitative estimate of drug-likeness (QED) is 0.364. The zero-order valence-electron chi connectivity index (χ0n) is 17.2. The first-order valence-electron chi connectivity index (χ1n) is 8.65. The van der Waals surface area contributed by atoms with Crippen LogP contribution in [0.5, 0.6) is 0 Å². The Balaban J connectivity index is 0.000000405.